The highest BCUT2D eigenvalue weighted by Crippen LogP contribution is 2.14. The zero-order chi connectivity index (χ0) is 6.78. The Morgan fingerprint density at radius 1 is 1.50 bits per heavy atom. The highest BCUT2D eigenvalue weighted by Gasteiger charge is 2.15. The largest absolute Gasteiger partial charge is 0.266 e. The summed E-state index contributed by atoms with van der Waals surface area (Å²) in [5, 5.41) is 0. The number of halogens is 2. The van der Waals surface area contributed by atoms with Crippen LogP contribution in [-0.2, 0) is 0 Å². The summed E-state index contributed by atoms with van der Waals surface area (Å²) in [7, 11) is 0. The molecule has 0 aromatic carbocycles. The van der Waals surface area contributed by atoms with E-state index in [0.717, 1.165) is 6.08 Å². The van der Waals surface area contributed by atoms with Gasteiger partial charge in [-0.05, 0) is 19.9 Å². The molecule has 0 aliphatic rings. The van der Waals surface area contributed by atoms with Crippen molar-refractivity contribution >= 4 is 0 Å². The average molecular weight is 119 g/mol. The lowest BCUT2D eigenvalue weighted by molar-refractivity contribution is 0.107. The summed E-state index contributed by atoms with van der Waals surface area (Å²) < 4.78 is 23.6. The summed E-state index contributed by atoms with van der Waals surface area (Å²) in [4.78, 5) is 0. The van der Waals surface area contributed by atoms with E-state index in [1.807, 2.05) is 0 Å². The van der Waals surface area contributed by atoms with Crippen LogP contribution in [0.2, 0.25) is 0 Å². The van der Waals surface area contributed by atoms with E-state index in [9.17, 15) is 8.78 Å². The second kappa shape index (κ2) is 2.25. The molecule has 0 unspecified atom stereocenters. The van der Waals surface area contributed by atoms with Gasteiger partial charge in [-0.1, -0.05) is 5.57 Å². The Hall–Kier alpha value is -0.400. The fourth-order valence-electron chi connectivity index (χ4n) is 0.422. The Balaban J connectivity index is 3.89. The van der Waals surface area contributed by atoms with E-state index in [0.29, 0.717) is 5.57 Å². The molecule has 0 aliphatic heterocycles. The van der Waals surface area contributed by atoms with Gasteiger partial charge < -0.3 is 0 Å². The minimum atomic E-state index is -2.89. The molecule has 0 spiro atoms. The zero-order valence-corrected chi connectivity index (χ0v) is 5.04. The molecule has 0 nitrogen and oxygen atoms in total. The van der Waals surface area contributed by atoms with Crippen LogP contribution in [0.5, 0.6) is 0 Å². The standard InChI is InChI=1S/C6H9F2/c1-5(2)4-6(3,7)8/h4H,3H2,1-2H3. The van der Waals surface area contributed by atoms with Gasteiger partial charge in [-0.15, -0.1) is 0 Å². The van der Waals surface area contributed by atoms with Crippen molar-refractivity contribution in [3.05, 3.63) is 18.6 Å². The topological polar surface area (TPSA) is 0 Å². The number of alkyl halides is 2. The van der Waals surface area contributed by atoms with Crippen molar-refractivity contribution in [2.75, 3.05) is 0 Å². The van der Waals surface area contributed by atoms with Crippen molar-refractivity contribution in [3.8, 4) is 0 Å². The van der Waals surface area contributed by atoms with Crippen LogP contribution in [0.1, 0.15) is 13.8 Å². The third kappa shape index (κ3) is 5.60. The smallest absolute Gasteiger partial charge is 0.202 e. The maximum Gasteiger partial charge on any atom is 0.266 e. The normalized spacial score (nSPS) is 11.1. The lowest BCUT2D eigenvalue weighted by Gasteiger charge is -2.01. The molecule has 0 aromatic heterocycles. The first-order valence-electron chi connectivity index (χ1n) is 2.31. The number of rotatable bonds is 1. The Morgan fingerprint density at radius 3 is 1.88 bits per heavy atom. The lowest BCUT2D eigenvalue weighted by atomic mass is 10.2. The monoisotopic (exact) mass is 119 g/mol. The van der Waals surface area contributed by atoms with Crippen LogP contribution in [0.3, 0.4) is 0 Å². The molecule has 0 saturated carbocycles. The molecule has 0 bridgehead atoms. The van der Waals surface area contributed by atoms with Crippen molar-refractivity contribution in [2.24, 2.45) is 0 Å². The van der Waals surface area contributed by atoms with Crippen LogP contribution < -0.4 is 0 Å². The third-order valence-corrected chi connectivity index (χ3v) is 0.500. The minimum absolute atomic E-state index is 0.588. The summed E-state index contributed by atoms with van der Waals surface area (Å²) in [5.74, 6) is -2.89. The Bertz CT molecular complexity index is 93.6. The molecule has 0 N–H and O–H groups in total. The molecule has 0 aliphatic carbocycles. The van der Waals surface area contributed by atoms with Gasteiger partial charge in [0, 0.05) is 6.92 Å². The molecule has 8 heavy (non-hydrogen) atoms. The summed E-state index contributed by atoms with van der Waals surface area (Å²) in [6, 6.07) is 0. The molecule has 2 heteroatoms. The average Bonchev–Trinajstić information content (AvgIpc) is 1.21. The van der Waals surface area contributed by atoms with Gasteiger partial charge in [0.15, 0.2) is 0 Å². The molecule has 0 saturated heterocycles. The van der Waals surface area contributed by atoms with Gasteiger partial charge in [0.1, 0.15) is 0 Å². The molecule has 0 fully saturated rings. The molecule has 47 valence electrons. The van der Waals surface area contributed by atoms with E-state index < -0.39 is 5.92 Å². The van der Waals surface area contributed by atoms with E-state index in [1.165, 1.54) is 0 Å². The quantitative estimate of drug-likeness (QED) is 0.465. The van der Waals surface area contributed by atoms with Gasteiger partial charge in [0.05, 0.1) is 0 Å². The summed E-state index contributed by atoms with van der Waals surface area (Å²) in [6.45, 7) is 5.82. The third-order valence-electron chi connectivity index (χ3n) is 0.500. The van der Waals surface area contributed by atoms with Crippen molar-refractivity contribution in [1.82, 2.24) is 0 Å². The fourth-order valence-corrected chi connectivity index (χ4v) is 0.422. The Labute approximate surface area is 48.2 Å². The number of hydrogen-bond acceptors (Lipinski definition) is 0. The van der Waals surface area contributed by atoms with Crippen LogP contribution in [0.15, 0.2) is 11.6 Å². The molecular weight excluding hydrogens is 110 g/mol. The first kappa shape index (κ1) is 7.60. The molecule has 0 aromatic rings. The highest BCUT2D eigenvalue weighted by molar-refractivity contribution is 5.03. The first-order chi connectivity index (χ1) is 3.42. The van der Waals surface area contributed by atoms with Crippen molar-refractivity contribution in [3.63, 3.8) is 0 Å². The SMILES string of the molecule is [CH2]C(F)(F)C=C(C)C. The van der Waals surface area contributed by atoms with E-state index in [2.05, 4.69) is 6.92 Å². The highest BCUT2D eigenvalue weighted by atomic mass is 19.3. The van der Waals surface area contributed by atoms with Crippen molar-refractivity contribution in [1.29, 1.82) is 0 Å². The van der Waals surface area contributed by atoms with Crippen LogP contribution in [-0.4, -0.2) is 5.92 Å². The summed E-state index contributed by atoms with van der Waals surface area (Å²) in [6.07, 6.45) is 0.826. The maximum atomic E-state index is 11.8. The van der Waals surface area contributed by atoms with Gasteiger partial charge >= 0.3 is 0 Å². The maximum absolute atomic E-state index is 11.8. The van der Waals surface area contributed by atoms with Gasteiger partial charge in [0.25, 0.3) is 5.92 Å². The Kier molecular flexibility index (Phi) is 2.13. The predicted octanol–water partition coefficient (Wildman–Crippen LogP) is 2.42. The summed E-state index contributed by atoms with van der Waals surface area (Å²) in [5.41, 5.74) is 0.588. The van der Waals surface area contributed by atoms with Crippen LogP contribution in [0.25, 0.3) is 0 Å². The molecular formula is C6H9F2. The second-order valence-electron chi connectivity index (χ2n) is 1.98. The van der Waals surface area contributed by atoms with E-state index in [-0.39, 0.29) is 0 Å². The van der Waals surface area contributed by atoms with Gasteiger partial charge in [0.2, 0.25) is 0 Å². The van der Waals surface area contributed by atoms with Crippen LogP contribution in [0, 0.1) is 6.92 Å². The molecule has 0 rings (SSSR count). The van der Waals surface area contributed by atoms with Gasteiger partial charge in [-0.3, -0.25) is 0 Å². The van der Waals surface area contributed by atoms with Gasteiger partial charge in [-0.25, -0.2) is 8.78 Å². The summed E-state index contributed by atoms with van der Waals surface area (Å²) >= 11 is 0. The van der Waals surface area contributed by atoms with Crippen LogP contribution >= 0.6 is 0 Å². The van der Waals surface area contributed by atoms with E-state index in [4.69, 9.17) is 0 Å². The zero-order valence-electron chi connectivity index (χ0n) is 5.04. The van der Waals surface area contributed by atoms with E-state index >= 15 is 0 Å². The lowest BCUT2D eigenvalue weighted by Crippen LogP contribution is -2.04. The minimum Gasteiger partial charge on any atom is -0.202 e. The second-order valence-corrected chi connectivity index (χ2v) is 1.98. The van der Waals surface area contributed by atoms with Crippen LogP contribution in [0.4, 0.5) is 8.78 Å². The molecule has 0 amide bonds. The molecule has 0 heterocycles. The van der Waals surface area contributed by atoms with Gasteiger partial charge in [-0.2, -0.15) is 0 Å². The van der Waals surface area contributed by atoms with Crippen molar-refractivity contribution < 1.29 is 8.78 Å². The predicted molar refractivity (Wildman–Crippen MR) is 29.7 cm³/mol. The van der Waals surface area contributed by atoms with E-state index in [1.54, 1.807) is 13.8 Å². The van der Waals surface area contributed by atoms with Crippen molar-refractivity contribution in [2.45, 2.75) is 19.8 Å². The number of allylic oxidation sites excluding steroid dienone is 2. The Morgan fingerprint density at radius 2 is 1.88 bits per heavy atom. The fraction of sp³-hybridized carbons (Fsp3) is 0.500. The number of hydrogen-bond donors (Lipinski definition) is 0. The first-order valence-corrected chi connectivity index (χ1v) is 2.31. The molecule has 1 radical (unpaired) electrons. The molecule has 0 atom stereocenters.